The minimum atomic E-state index is -2.85. The quantitative estimate of drug-likeness (QED) is 0.549. The molecular weight excluding hydrogens is 350 g/mol. The van der Waals surface area contributed by atoms with Crippen LogP contribution < -0.4 is 15.4 Å². The molecule has 2 rings (SSSR count). The molecule has 0 spiro atoms. The highest BCUT2D eigenvalue weighted by Crippen LogP contribution is 2.19. The molecule has 2 aromatic rings. The Morgan fingerprint density at radius 3 is 2.11 bits per heavy atom. The minimum absolute atomic E-state index is 0.159. The number of nitrogens with one attached hydrogen (secondary N) is 2. The van der Waals surface area contributed by atoms with Crippen molar-refractivity contribution in [1.82, 2.24) is 15.5 Å². The van der Waals surface area contributed by atoms with Crippen LogP contribution in [0.3, 0.4) is 0 Å². The normalized spacial score (nSPS) is 11.7. The minimum Gasteiger partial charge on any atom is -0.434 e. The molecule has 0 amide bonds. The van der Waals surface area contributed by atoms with Gasteiger partial charge in [-0.05, 0) is 31.3 Å². The lowest BCUT2D eigenvalue weighted by atomic mass is 10.1. The average molecular weight is 376 g/mol. The van der Waals surface area contributed by atoms with Crippen molar-refractivity contribution in [2.75, 3.05) is 21.1 Å². The van der Waals surface area contributed by atoms with Crippen LogP contribution in [0.5, 0.6) is 5.75 Å². The van der Waals surface area contributed by atoms with Crippen LogP contribution in [-0.4, -0.2) is 38.6 Å². The van der Waals surface area contributed by atoms with Gasteiger partial charge in [-0.15, -0.1) is 0 Å². The van der Waals surface area contributed by atoms with E-state index in [1.54, 1.807) is 25.2 Å². The number of rotatable bonds is 8. The van der Waals surface area contributed by atoms with E-state index < -0.39 is 6.61 Å². The Balaban J connectivity index is 1.96. The van der Waals surface area contributed by atoms with Crippen LogP contribution in [0, 0.1) is 0 Å². The maximum Gasteiger partial charge on any atom is 0.387 e. The lowest BCUT2D eigenvalue weighted by molar-refractivity contribution is -0.0504. The summed E-state index contributed by atoms with van der Waals surface area (Å²) in [6.07, 6.45) is 0. The number of nitrogens with zero attached hydrogens (tertiary/aromatic N) is 2. The molecule has 2 aromatic carbocycles. The third-order valence-electron chi connectivity index (χ3n) is 3.91. The molecule has 146 valence electrons. The Labute approximate surface area is 159 Å². The van der Waals surface area contributed by atoms with E-state index in [4.69, 9.17) is 0 Å². The van der Waals surface area contributed by atoms with Gasteiger partial charge in [-0.25, -0.2) is 0 Å². The maximum absolute atomic E-state index is 12.5. The molecular formula is C20H26F2N4O. The second-order valence-electron chi connectivity index (χ2n) is 6.27. The Morgan fingerprint density at radius 2 is 1.52 bits per heavy atom. The molecule has 0 saturated heterocycles. The number of aliphatic imine (C=N–C) groups is 1. The van der Waals surface area contributed by atoms with Gasteiger partial charge in [0.15, 0.2) is 5.96 Å². The van der Waals surface area contributed by atoms with Gasteiger partial charge in [0.05, 0.1) is 0 Å². The topological polar surface area (TPSA) is 48.9 Å². The SMILES string of the molecule is CN=C(NCc1ccccc1CN(C)C)NCc1ccccc1OC(F)F. The Hall–Kier alpha value is -2.67. The zero-order chi connectivity index (χ0) is 19.6. The van der Waals surface area contributed by atoms with E-state index in [1.807, 2.05) is 26.2 Å². The van der Waals surface area contributed by atoms with E-state index in [9.17, 15) is 8.78 Å². The highest BCUT2D eigenvalue weighted by molar-refractivity contribution is 5.79. The molecule has 5 nitrogen and oxygen atoms in total. The van der Waals surface area contributed by atoms with Crippen LogP contribution in [0.4, 0.5) is 8.78 Å². The summed E-state index contributed by atoms with van der Waals surface area (Å²) in [5, 5.41) is 6.39. The first-order valence-electron chi connectivity index (χ1n) is 8.68. The van der Waals surface area contributed by atoms with Crippen molar-refractivity contribution in [2.45, 2.75) is 26.2 Å². The summed E-state index contributed by atoms with van der Waals surface area (Å²) in [5.74, 6) is 0.744. The van der Waals surface area contributed by atoms with Gasteiger partial charge in [-0.2, -0.15) is 8.78 Å². The number of guanidine groups is 1. The van der Waals surface area contributed by atoms with Crippen molar-refractivity contribution >= 4 is 5.96 Å². The smallest absolute Gasteiger partial charge is 0.387 e. The van der Waals surface area contributed by atoms with Gasteiger partial charge in [0.25, 0.3) is 0 Å². The highest BCUT2D eigenvalue weighted by atomic mass is 19.3. The fourth-order valence-electron chi connectivity index (χ4n) is 2.66. The van der Waals surface area contributed by atoms with Crippen molar-refractivity contribution < 1.29 is 13.5 Å². The van der Waals surface area contributed by atoms with Gasteiger partial charge in [0.2, 0.25) is 0 Å². The summed E-state index contributed by atoms with van der Waals surface area (Å²) in [5.41, 5.74) is 3.05. The van der Waals surface area contributed by atoms with Crippen molar-refractivity contribution in [1.29, 1.82) is 0 Å². The van der Waals surface area contributed by atoms with Crippen molar-refractivity contribution in [3.05, 3.63) is 65.2 Å². The lowest BCUT2D eigenvalue weighted by Crippen LogP contribution is -2.36. The molecule has 0 fully saturated rings. The fraction of sp³-hybridized carbons (Fsp3) is 0.350. The van der Waals surface area contributed by atoms with E-state index in [0.29, 0.717) is 24.6 Å². The number of hydrogen-bond donors (Lipinski definition) is 2. The lowest BCUT2D eigenvalue weighted by Gasteiger charge is -2.17. The van der Waals surface area contributed by atoms with Crippen LogP contribution >= 0.6 is 0 Å². The predicted octanol–water partition coefficient (Wildman–Crippen LogP) is 3.21. The van der Waals surface area contributed by atoms with Gasteiger partial charge in [-0.1, -0.05) is 42.5 Å². The van der Waals surface area contributed by atoms with Crippen molar-refractivity contribution in [2.24, 2.45) is 4.99 Å². The van der Waals surface area contributed by atoms with Gasteiger partial charge in [0, 0.05) is 32.2 Å². The third kappa shape index (κ3) is 6.86. The molecule has 0 aliphatic heterocycles. The van der Waals surface area contributed by atoms with E-state index in [2.05, 4.69) is 37.4 Å². The highest BCUT2D eigenvalue weighted by Gasteiger charge is 2.10. The van der Waals surface area contributed by atoms with Gasteiger partial charge in [0.1, 0.15) is 5.75 Å². The number of halogens is 2. The number of hydrogen-bond acceptors (Lipinski definition) is 3. The van der Waals surface area contributed by atoms with Crippen LogP contribution in [-0.2, 0) is 19.6 Å². The monoisotopic (exact) mass is 376 g/mol. The van der Waals surface area contributed by atoms with Crippen LogP contribution in [0.2, 0.25) is 0 Å². The molecule has 0 aliphatic rings. The molecule has 0 saturated carbocycles. The number of para-hydroxylation sites is 1. The summed E-state index contributed by atoms with van der Waals surface area (Å²) in [6.45, 7) is -1.07. The van der Waals surface area contributed by atoms with Crippen molar-refractivity contribution in [3.8, 4) is 5.75 Å². The van der Waals surface area contributed by atoms with E-state index >= 15 is 0 Å². The molecule has 2 N–H and O–H groups in total. The van der Waals surface area contributed by atoms with Crippen LogP contribution in [0.1, 0.15) is 16.7 Å². The predicted molar refractivity (Wildman–Crippen MR) is 104 cm³/mol. The Kier molecular flexibility index (Phi) is 8.00. The van der Waals surface area contributed by atoms with Crippen LogP contribution in [0.25, 0.3) is 0 Å². The molecule has 0 aromatic heterocycles. The third-order valence-corrected chi connectivity index (χ3v) is 3.91. The summed E-state index contributed by atoms with van der Waals surface area (Å²) in [6, 6.07) is 14.9. The Bertz CT molecular complexity index is 691. The van der Waals surface area contributed by atoms with Crippen molar-refractivity contribution in [3.63, 3.8) is 0 Å². The molecule has 0 atom stereocenters. The summed E-state index contributed by atoms with van der Waals surface area (Å²) >= 11 is 0. The zero-order valence-corrected chi connectivity index (χ0v) is 15.9. The second kappa shape index (κ2) is 10.5. The van der Waals surface area contributed by atoms with Gasteiger partial charge >= 0.3 is 6.61 Å². The Morgan fingerprint density at radius 1 is 0.963 bits per heavy atom. The van der Waals surface area contributed by atoms with Gasteiger partial charge in [-0.3, -0.25) is 4.99 Å². The average Bonchev–Trinajstić information content (AvgIpc) is 2.63. The van der Waals surface area contributed by atoms with E-state index in [0.717, 1.165) is 6.54 Å². The first-order valence-corrected chi connectivity index (χ1v) is 8.68. The summed E-state index contributed by atoms with van der Waals surface area (Å²) in [4.78, 5) is 6.31. The van der Waals surface area contributed by atoms with Crippen LogP contribution in [0.15, 0.2) is 53.5 Å². The molecule has 0 bridgehead atoms. The first-order chi connectivity index (χ1) is 13.0. The maximum atomic E-state index is 12.5. The molecule has 0 heterocycles. The molecule has 0 radical (unpaired) electrons. The summed E-state index contributed by atoms with van der Waals surface area (Å²) in [7, 11) is 5.73. The largest absolute Gasteiger partial charge is 0.434 e. The number of alkyl halides is 2. The molecule has 0 unspecified atom stereocenters. The second-order valence-corrected chi connectivity index (χ2v) is 6.27. The molecule has 27 heavy (non-hydrogen) atoms. The summed E-state index contributed by atoms with van der Waals surface area (Å²) < 4.78 is 29.6. The fourth-order valence-corrected chi connectivity index (χ4v) is 2.66. The van der Waals surface area contributed by atoms with E-state index in [-0.39, 0.29) is 5.75 Å². The standard InChI is InChI=1S/C20H26F2N4O/c1-23-20(24-12-15-8-4-5-10-17(15)14-26(2)3)25-13-16-9-6-7-11-18(16)27-19(21)22/h4-11,19H,12-14H2,1-3H3,(H2,23,24,25). The van der Waals surface area contributed by atoms with E-state index in [1.165, 1.54) is 17.2 Å². The molecule has 7 heteroatoms. The first kappa shape index (κ1) is 20.6. The van der Waals surface area contributed by atoms with Gasteiger partial charge < -0.3 is 20.3 Å². The molecule has 0 aliphatic carbocycles. The number of benzene rings is 2. The number of ether oxygens (including phenoxy) is 1. The zero-order valence-electron chi connectivity index (χ0n) is 15.9.